The Labute approximate surface area is 251 Å². The summed E-state index contributed by atoms with van der Waals surface area (Å²) < 4.78 is 17.1. The van der Waals surface area contributed by atoms with Crippen LogP contribution in [0.5, 0.6) is 17.4 Å². The zero-order valence-corrected chi connectivity index (χ0v) is 25.3. The molecule has 0 saturated carbocycles. The smallest absolute Gasteiger partial charge is 0.434 e. The maximum atomic E-state index is 12.8. The highest BCUT2D eigenvalue weighted by molar-refractivity contribution is 6.32. The number of aryl methyl sites for hydroxylation is 2. The van der Waals surface area contributed by atoms with E-state index in [1.54, 1.807) is 56.1 Å². The van der Waals surface area contributed by atoms with E-state index < -0.39 is 11.7 Å². The minimum atomic E-state index is -0.636. The summed E-state index contributed by atoms with van der Waals surface area (Å²) in [7, 11) is 0. The monoisotopic (exact) mass is 593 g/mol. The molecule has 0 aliphatic carbocycles. The molecule has 4 rings (SSSR count). The van der Waals surface area contributed by atoms with Crippen molar-refractivity contribution in [2.75, 3.05) is 26.2 Å². The van der Waals surface area contributed by atoms with E-state index in [9.17, 15) is 9.59 Å². The molecule has 2 aromatic carbocycles. The second-order valence-electron chi connectivity index (χ2n) is 10.9. The van der Waals surface area contributed by atoms with Gasteiger partial charge in [0, 0.05) is 25.2 Å². The van der Waals surface area contributed by atoms with Gasteiger partial charge < -0.3 is 19.1 Å². The van der Waals surface area contributed by atoms with Crippen LogP contribution in [0.4, 0.5) is 4.79 Å². The number of benzene rings is 2. The van der Waals surface area contributed by atoms with Crippen molar-refractivity contribution in [3.63, 3.8) is 0 Å². The van der Waals surface area contributed by atoms with Crippen LogP contribution in [0.1, 0.15) is 43.0 Å². The summed E-state index contributed by atoms with van der Waals surface area (Å²) in [6, 6.07) is 15.3. The van der Waals surface area contributed by atoms with E-state index in [1.807, 2.05) is 44.2 Å². The van der Waals surface area contributed by atoms with Gasteiger partial charge >= 0.3 is 6.09 Å². The van der Waals surface area contributed by atoms with Gasteiger partial charge in [0.25, 0.3) is 0 Å². The molecular weight excluding hydrogens is 558 g/mol. The third-order valence-electron chi connectivity index (χ3n) is 6.20. The Balaban J connectivity index is 1.32. The molecule has 1 fully saturated rings. The first kappa shape index (κ1) is 30.9. The summed E-state index contributed by atoms with van der Waals surface area (Å²) in [5.41, 5.74) is 3.17. The Morgan fingerprint density at radius 1 is 1.05 bits per heavy atom. The summed E-state index contributed by atoms with van der Waals surface area (Å²) >= 11 is 6.55. The fourth-order valence-electron chi connectivity index (χ4n) is 4.05. The lowest BCUT2D eigenvalue weighted by molar-refractivity contribution is -0.137. The topological polar surface area (TPSA) is 90.4 Å². The zero-order chi connectivity index (χ0) is 30.3. The second kappa shape index (κ2) is 13.7. The lowest BCUT2D eigenvalue weighted by atomic mass is 10.1. The van der Waals surface area contributed by atoms with Gasteiger partial charge in [0.05, 0.1) is 24.4 Å². The normalized spacial score (nSPS) is 14.0. The van der Waals surface area contributed by atoms with Crippen LogP contribution >= 0.6 is 11.6 Å². The predicted molar refractivity (Wildman–Crippen MR) is 161 cm³/mol. The van der Waals surface area contributed by atoms with Gasteiger partial charge in [0.1, 0.15) is 18.0 Å². The van der Waals surface area contributed by atoms with Crippen molar-refractivity contribution in [2.24, 2.45) is 0 Å². The van der Waals surface area contributed by atoms with Gasteiger partial charge in [-0.1, -0.05) is 41.4 Å². The van der Waals surface area contributed by atoms with Crippen LogP contribution < -0.4 is 9.47 Å². The summed E-state index contributed by atoms with van der Waals surface area (Å²) in [6.45, 7) is 10.8. The van der Waals surface area contributed by atoms with Gasteiger partial charge in [-0.3, -0.25) is 9.63 Å². The lowest BCUT2D eigenvalue weighted by Crippen LogP contribution is -2.39. The maximum Gasteiger partial charge on any atom is 0.434 e. The van der Waals surface area contributed by atoms with Gasteiger partial charge in [-0.25, -0.2) is 9.78 Å². The van der Waals surface area contributed by atoms with Gasteiger partial charge in [-0.15, -0.1) is 0 Å². The number of aromatic nitrogens is 1. The largest absolute Gasteiger partial charge is 0.487 e. The van der Waals surface area contributed by atoms with Crippen LogP contribution in [0.3, 0.4) is 0 Å². The van der Waals surface area contributed by atoms with Gasteiger partial charge in [-0.2, -0.15) is 5.06 Å². The van der Waals surface area contributed by atoms with E-state index in [0.717, 1.165) is 21.8 Å². The van der Waals surface area contributed by atoms with Crippen molar-refractivity contribution in [3.8, 4) is 17.4 Å². The summed E-state index contributed by atoms with van der Waals surface area (Å²) in [6.07, 6.45) is 4.21. The third-order valence-corrected chi connectivity index (χ3v) is 6.48. The number of nitrogens with zero attached hydrogens (tertiary/aromatic N) is 3. The molecule has 0 unspecified atom stereocenters. The highest BCUT2D eigenvalue weighted by Crippen LogP contribution is 2.34. The minimum absolute atomic E-state index is 0.184. The molecule has 1 aromatic heterocycles. The summed E-state index contributed by atoms with van der Waals surface area (Å²) in [4.78, 5) is 36.6. The molecule has 0 N–H and O–H groups in total. The number of hydroxylamine groups is 2. The fourth-order valence-corrected chi connectivity index (χ4v) is 4.36. The molecule has 3 aromatic rings. The highest BCUT2D eigenvalue weighted by Gasteiger charge is 2.26. The van der Waals surface area contributed by atoms with Crippen molar-refractivity contribution in [1.29, 1.82) is 0 Å². The Morgan fingerprint density at radius 3 is 2.48 bits per heavy atom. The number of hydrogen-bond acceptors (Lipinski definition) is 7. The molecule has 2 amide bonds. The van der Waals surface area contributed by atoms with E-state index in [-0.39, 0.29) is 19.1 Å². The molecule has 1 aliphatic heterocycles. The standard InChI is InChI=1S/C32H36ClN3O6/c1-22-6-8-24(9-7-22)21-39-26-11-12-28(34-20-26)41-30-23(2)18-25(19-27(30)33)10-13-29(37)35-14-15-36(40-17-16-35)31(38)42-32(3,4)5/h6-13,18-20H,14-17,21H2,1-5H3/b13-10+. The molecule has 1 aliphatic rings. The number of hydrogen-bond donors (Lipinski definition) is 0. The molecule has 0 spiro atoms. The Kier molecular flexibility index (Phi) is 10.1. The van der Waals surface area contributed by atoms with E-state index in [2.05, 4.69) is 4.98 Å². The number of carbonyl (C=O) groups is 2. The molecule has 9 nitrogen and oxygen atoms in total. The maximum absolute atomic E-state index is 12.8. The predicted octanol–water partition coefficient (Wildman–Crippen LogP) is 6.75. The van der Waals surface area contributed by atoms with Crippen LogP contribution in [0, 0.1) is 13.8 Å². The molecule has 2 heterocycles. The number of pyridine rings is 1. The molecule has 0 atom stereocenters. The number of rotatable bonds is 7. The number of halogens is 1. The lowest BCUT2D eigenvalue weighted by Gasteiger charge is -2.25. The first-order valence-electron chi connectivity index (χ1n) is 13.7. The average Bonchev–Trinajstić information content (AvgIpc) is 3.20. The molecule has 0 radical (unpaired) electrons. The molecule has 10 heteroatoms. The fraction of sp³-hybridized carbons (Fsp3) is 0.344. The van der Waals surface area contributed by atoms with Crippen molar-refractivity contribution in [1.82, 2.24) is 14.9 Å². The second-order valence-corrected chi connectivity index (χ2v) is 11.3. The first-order valence-corrected chi connectivity index (χ1v) is 14.1. The van der Waals surface area contributed by atoms with Gasteiger partial charge in [0.15, 0.2) is 5.75 Å². The van der Waals surface area contributed by atoms with Gasteiger partial charge in [0.2, 0.25) is 11.8 Å². The number of ether oxygens (including phenoxy) is 3. The van der Waals surface area contributed by atoms with Crippen LogP contribution in [-0.2, 0) is 21.0 Å². The van der Waals surface area contributed by atoms with Crippen LogP contribution in [0.15, 0.2) is 60.8 Å². The quantitative estimate of drug-likeness (QED) is 0.280. The summed E-state index contributed by atoms with van der Waals surface area (Å²) in [5.74, 6) is 1.29. The Morgan fingerprint density at radius 2 is 1.81 bits per heavy atom. The third kappa shape index (κ3) is 8.96. The first-order chi connectivity index (χ1) is 20.0. The SMILES string of the molecule is Cc1ccc(COc2ccc(Oc3c(C)cc(/C=C/C(=O)N4CCON(C(=O)OC(C)(C)C)CC4)cc3Cl)nc2)cc1. The Bertz CT molecular complexity index is 1390. The molecule has 1 saturated heterocycles. The zero-order valence-electron chi connectivity index (χ0n) is 24.6. The van der Waals surface area contributed by atoms with Crippen molar-refractivity contribution in [3.05, 3.63) is 88.1 Å². The van der Waals surface area contributed by atoms with Crippen molar-refractivity contribution in [2.45, 2.75) is 46.8 Å². The van der Waals surface area contributed by atoms with E-state index >= 15 is 0 Å². The highest BCUT2D eigenvalue weighted by atomic mass is 35.5. The van der Waals surface area contributed by atoms with E-state index in [1.165, 1.54) is 11.6 Å². The van der Waals surface area contributed by atoms with Crippen molar-refractivity contribution >= 4 is 29.7 Å². The van der Waals surface area contributed by atoms with E-state index in [0.29, 0.717) is 42.1 Å². The minimum Gasteiger partial charge on any atom is -0.487 e. The van der Waals surface area contributed by atoms with E-state index in [4.69, 9.17) is 30.6 Å². The van der Waals surface area contributed by atoms with Crippen LogP contribution in [0.2, 0.25) is 5.02 Å². The Hall–Kier alpha value is -4.08. The summed E-state index contributed by atoms with van der Waals surface area (Å²) in [5, 5.41) is 1.55. The molecule has 0 bridgehead atoms. The van der Waals surface area contributed by atoms with Crippen LogP contribution in [0.25, 0.3) is 6.08 Å². The van der Waals surface area contributed by atoms with Crippen molar-refractivity contribution < 1.29 is 28.6 Å². The number of carbonyl (C=O) groups excluding carboxylic acids is 2. The number of amides is 2. The molecular formula is C32H36ClN3O6. The average molecular weight is 594 g/mol. The van der Waals surface area contributed by atoms with Gasteiger partial charge in [-0.05, 0) is 75.6 Å². The van der Waals surface area contributed by atoms with Crippen LogP contribution in [-0.4, -0.2) is 58.8 Å². The molecule has 222 valence electrons. The molecule has 42 heavy (non-hydrogen) atoms.